The normalized spacial score (nSPS) is 12.1. The van der Waals surface area contributed by atoms with Crippen LogP contribution in [0.4, 0.5) is 5.69 Å². The second kappa shape index (κ2) is 6.12. The first-order valence-electron chi connectivity index (χ1n) is 5.37. The molecule has 1 rings (SSSR count). The van der Waals surface area contributed by atoms with Gasteiger partial charge in [-0.1, -0.05) is 12.1 Å². The summed E-state index contributed by atoms with van der Waals surface area (Å²) < 4.78 is 0. The van der Waals surface area contributed by atoms with Crippen LogP contribution >= 0.6 is 0 Å². The van der Waals surface area contributed by atoms with Crippen LogP contribution in [0.2, 0.25) is 0 Å². The van der Waals surface area contributed by atoms with Crippen LogP contribution in [0, 0.1) is 0 Å². The van der Waals surface area contributed by atoms with Crippen LogP contribution in [-0.4, -0.2) is 23.7 Å². The molecule has 0 aliphatic heterocycles. The summed E-state index contributed by atoms with van der Waals surface area (Å²) in [4.78, 5) is 11.4. The number of benzene rings is 1. The first-order valence-corrected chi connectivity index (χ1v) is 5.37. The Morgan fingerprint density at radius 2 is 2.31 bits per heavy atom. The minimum absolute atomic E-state index is 0.0525. The number of nitrogens with one attached hydrogen (secondary N) is 1. The number of carbonyl (C=O) groups is 1. The van der Waals surface area contributed by atoms with E-state index in [-0.39, 0.29) is 5.91 Å². The third kappa shape index (κ3) is 4.79. The molecule has 0 fully saturated rings. The molecule has 0 radical (unpaired) electrons. The third-order valence-electron chi connectivity index (χ3n) is 2.19. The molecule has 0 saturated heterocycles. The van der Waals surface area contributed by atoms with E-state index in [1.807, 2.05) is 24.3 Å². The molecule has 88 valence electrons. The third-order valence-corrected chi connectivity index (χ3v) is 2.19. The summed E-state index contributed by atoms with van der Waals surface area (Å²) in [6.07, 6.45) is 0.573. The lowest BCUT2D eigenvalue weighted by Crippen LogP contribution is -2.30. The van der Waals surface area contributed by atoms with E-state index in [9.17, 15) is 4.79 Å². The molecule has 0 bridgehead atoms. The maximum absolute atomic E-state index is 11.4. The molecule has 4 heteroatoms. The monoisotopic (exact) mass is 222 g/mol. The van der Waals surface area contributed by atoms with Crippen LogP contribution in [0.5, 0.6) is 0 Å². The number of hydrogen-bond acceptors (Lipinski definition) is 3. The number of aliphatic hydroxyl groups excluding tert-OH is 1. The number of aliphatic hydroxyl groups is 1. The Balaban J connectivity index is 2.31. The van der Waals surface area contributed by atoms with Crippen LogP contribution < -0.4 is 11.1 Å². The molecule has 0 aliphatic rings. The van der Waals surface area contributed by atoms with Gasteiger partial charge < -0.3 is 16.2 Å². The number of hydrogen-bond donors (Lipinski definition) is 3. The quantitative estimate of drug-likeness (QED) is 0.642. The Hall–Kier alpha value is -1.55. The Labute approximate surface area is 95.5 Å². The molecule has 1 aromatic carbocycles. The maximum atomic E-state index is 11.4. The van der Waals surface area contributed by atoms with Crippen molar-refractivity contribution in [2.45, 2.75) is 25.9 Å². The first-order chi connectivity index (χ1) is 7.58. The van der Waals surface area contributed by atoms with E-state index in [1.165, 1.54) is 0 Å². The SMILES string of the molecule is C[C@H](O)CNC(=O)CCc1cccc(N)c1. The Bertz CT molecular complexity index is 351. The lowest BCUT2D eigenvalue weighted by Gasteiger charge is -2.07. The smallest absolute Gasteiger partial charge is 0.220 e. The number of anilines is 1. The van der Waals surface area contributed by atoms with Crippen LogP contribution in [0.25, 0.3) is 0 Å². The number of nitrogen functional groups attached to an aromatic ring is 1. The van der Waals surface area contributed by atoms with Gasteiger partial charge in [-0.3, -0.25) is 4.79 Å². The van der Waals surface area contributed by atoms with Gasteiger partial charge in [0.05, 0.1) is 6.10 Å². The highest BCUT2D eigenvalue weighted by Crippen LogP contribution is 2.08. The van der Waals surface area contributed by atoms with Gasteiger partial charge in [-0.05, 0) is 31.0 Å². The number of aryl methyl sites for hydroxylation is 1. The molecule has 0 heterocycles. The summed E-state index contributed by atoms with van der Waals surface area (Å²) in [6.45, 7) is 1.94. The van der Waals surface area contributed by atoms with Gasteiger partial charge in [-0.25, -0.2) is 0 Å². The minimum Gasteiger partial charge on any atom is -0.399 e. The van der Waals surface area contributed by atoms with Crippen LogP contribution in [0.3, 0.4) is 0 Å². The van der Waals surface area contributed by atoms with E-state index in [1.54, 1.807) is 6.92 Å². The van der Waals surface area contributed by atoms with Crippen molar-refractivity contribution in [3.63, 3.8) is 0 Å². The zero-order valence-corrected chi connectivity index (χ0v) is 9.44. The predicted molar refractivity (Wildman–Crippen MR) is 63.9 cm³/mol. The molecule has 0 aromatic heterocycles. The van der Waals surface area contributed by atoms with Crippen molar-refractivity contribution < 1.29 is 9.90 Å². The highest BCUT2D eigenvalue weighted by atomic mass is 16.3. The van der Waals surface area contributed by atoms with Crippen LogP contribution in [-0.2, 0) is 11.2 Å². The number of carbonyl (C=O) groups excluding carboxylic acids is 1. The molecule has 0 saturated carbocycles. The molecular weight excluding hydrogens is 204 g/mol. The Morgan fingerprint density at radius 3 is 2.94 bits per heavy atom. The lowest BCUT2D eigenvalue weighted by molar-refractivity contribution is -0.121. The summed E-state index contributed by atoms with van der Waals surface area (Å²) in [5.41, 5.74) is 7.39. The van der Waals surface area contributed by atoms with E-state index in [4.69, 9.17) is 10.8 Å². The van der Waals surface area contributed by atoms with Crippen LogP contribution in [0.1, 0.15) is 18.9 Å². The van der Waals surface area contributed by atoms with E-state index in [0.29, 0.717) is 25.1 Å². The van der Waals surface area contributed by atoms with Gasteiger partial charge in [0.2, 0.25) is 5.91 Å². The zero-order chi connectivity index (χ0) is 12.0. The van der Waals surface area contributed by atoms with Gasteiger partial charge in [0.15, 0.2) is 0 Å². The molecule has 16 heavy (non-hydrogen) atoms. The van der Waals surface area contributed by atoms with Gasteiger partial charge >= 0.3 is 0 Å². The molecule has 0 unspecified atom stereocenters. The van der Waals surface area contributed by atoms with Crippen molar-refractivity contribution in [3.05, 3.63) is 29.8 Å². The molecule has 1 atom stereocenters. The summed E-state index contributed by atoms with van der Waals surface area (Å²) in [6, 6.07) is 7.50. The molecule has 4 N–H and O–H groups in total. The number of rotatable bonds is 5. The largest absolute Gasteiger partial charge is 0.399 e. The van der Waals surface area contributed by atoms with E-state index >= 15 is 0 Å². The fourth-order valence-electron chi connectivity index (χ4n) is 1.36. The topological polar surface area (TPSA) is 75.3 Å². The highest BCUT2D eigenvalue weighted by Gasteiger charge is 2.03. The average Bonchev–Trinajstić information content (AvgIpc) is 2.23. The summed E-state index contributed by atoms with van der Waals surface area (Å²) >= 11 is 0. The minimum atomic E-state index is -0.503. The summed E-state index contributed by atoms with van der Waals surface area (Å²) in [7, 11) is 0. The highest BCUT2D eigenvalue weighted by molar-refractivity contribution is 5.76. The van der Waals surface area contributed by atoms with Crippen molar-refractivity contribution >= 4 is 11.6 Å². The first kappa shape index (κ1) is 12.5. The van der Waals surface area contributed by atoms with Crippen LogP contribution in [0.15, 0.2) is 24.3 Å². The van der Waals surface area contributed by atoms with Crippen molar-refractivity contribution in [1.29, 1.82) is 0 Å². The standard InChI is InChI=1S/C12H18N2O2/c1-9(15)8-14-12(16)6-5-10-3-2-4-11(13)7-10/h2-4,7,9,15H,5-6,8,13H2,1H3,(H,14,16)/t9-/m0/s1. The Kier molecular flexibility index (Phi) is 4.79. The summed E-state index contributed by atoms with van der Waals surface area (Å²) in [5.74, 6) is -0.0525. The van der Waals surface area contributed by atoms with E-state index < -0.39 is 6.10 Å². The molecular formula is C12H18N2O2. The van der Waals surface area contributed by atoms with Crippen molar-refractivity contribution in [1.82, 2.24) is 5.32 Å². The maximum Gasteiger partial charge on any atom is 0.220 e. The van der Waals surface area contributed by atoms with E-state index in [0.717, 1.165) is 5.56 Å². The van der Waals surface area contributed by atoms with Gasteiger partial charge in [-0.2, -0.15) is 0 Å². The number of nitrogens with two attached hydrogens (primary N) is 1. The second-order valence-electron chi connectivity index (χ2n) is 3.90. The average molecular weight is 222 g/mol. The van der Waals surface area contributed by atoms with Gasteiger partial charge in [-0.15, -0.1) is 0 Å². The molecule has 0 spiro atoms. The fraction of sp³-hybridized carbons (Fsp3) is 0.417. The van der Waals surface area contributed by atoms with Crippen molar-refractivity contribution in [2.24, 2.45) is 0 Å². The molecule has 0 aliphatic carbocycles. The molecule has 4 nitrogen and oxygen atoms in total. The second-order valence-corrected chi connectivity index (χ2v) is 3.90. The summed E-state index contributed by atoms with van der Waals surface area (Å²) in [5, 5.41) is 11.6. The van der Waals surface area contributed by atoms with Gasteiger partial charge in [0.1, 0.15) is 0 Å². The predicted octanol–water partition coefficient (Wildman–Crippen LogP) is 0.698. The van der Waals surface area contributed by atoms with Gasteiger partial charge in [0.25, 0.3) is 0 Å². The molecule has 1 amide bonds. The fourth-order valence-corrected chi connectivity index (χ4v) is 1.36. The van der Waals surface area contributed by atoms with Gasteiger partial charge in [0, 0.05) is 18.7 Å². The van der Waals surface area contributed by atoms with Crippen molar-refractivity contribution in [3.8, 4) is 0 Å². The Morgan fingerprint density at radius 1 is 1.56 bits per heavy atom. The van der Waals surface area contributed by atoms with E-state index in [2.05, 4.69) is 5.32 Å². The molecule has 1 aromatic rings. The number of amides is 1. The lowest BCUT2D eigenvalue weighted by atomic mass is 10.1. The van der Waals surface area contributed by atoms with Crippen molar-refractivity contribution in [2.75, 3.05) is 12.3 Å². The zero-order valence-electron chi connectivity index (χ0n) is 9.44.